The lowest BCUT2D eigenvalue weighted by Crippen LogP contribution is -2.28. The third-order valence-electron chi connectivity index (χ3n) is 4.45. The second kappa shape index (κ2) is 7.92. The van der Waals surface area contributed by atoms with E-state index in [1.807, 2.05) is 0 Å². The van der Waals surface area contributed by atoms with E-state index < -0.39 is 19.9 Å². The molecule has 2 aromatic rings. The number of sulfone groups is 1. The summed E-state index contributed by atoms with van der Waals surface area (Å²) in [5.41, 5.74) is 2.34. The molecule has 2 rings (SSSR count). The molecule has 0 aliphatic carbocycles. The fourth-order valence-corrected chi connectivity index (χ4v) is 3.89. The molecule has 0 spiro atoms. The van der Waals surface area contributed by atoms with Crippen molar-refractivity contribution in [2.45, 2.75) is 24.8 Å². The second-order valence-electron chi connectivity index (χ2n) is 6.77. The molecule has 0 heterocycles. The van der Waals surface area contributed by atoms with Gasteiger partial charge in [0.1, 0.15) is 0 Å². The van der Waals surface area contributed by atoms with Gasteiger partial charge in [-0.1, -0.05) is 12.1 Å². The van der Waals surface area contributed by atoms with Crippen LogP contribution in [0.5, 0.6) is 0 Å². The Labute approximate surface area is 166 Å². The first kappa shape index (κ1) is 21.9. The molecule has 0 saturated carbocycles. The average Bonchev–Trinajstić information content (AvgIpc) is 2.59. The summed E-state index contributed by atoms with van der Waals surface area (Å²) in [7, 11) is -5.20. The molecule has 0 aliphatic rings. The highest BCUT2D eigenvalue weighted by Crippen LogP contribution is 2.23. The van der Waals surface area contributed by atoms with E-state index in [9.17, 15) is 21.6 Å². The summed E-state index contributed by atoms with van der Waals surface area (Å²) in [6, 6.07) is 10.8. The number of amides is 1. The van der Waals surface area contributed by atoms with Crippen LogP contribution in [-0.2, 0) is 19.9 Å². The summed E-state index contributed by atoms with van der Waals surface area (Å²) in [5.74, 6) is -0.309. The molecule has 1 unspecified atom stereocenters. The number of sulfonamides is 1. The number of hydrogen-bond donors (Lipinski definition) is 1. The summed E-state index contributed by atoms with van der Waals surface area (Å²) >= 11 is 0. The highest BCUT2D eigenvalue weighted by molar-refractivity contribution is 7.92. The van der Waals surface area contributed by atoms with Crippen molar-refractivity contribution in [1.29, 1.82) is 0 Å². The van der Waals surface area contributed by atoms with Crippen molar-refractivity contribution in [3.05, 3.63) is 59.2 Å². The Morgan fingerprint density at radius 1 is 1.00 bits per heavy atom. The molecule has 0 fully saturated rings. The molecule has 1 amide bonds. The van der Waals surface area contributed by atoms with Crippen LogP contribution in [0.3, 0.4) is 0 Å². The summed E-state index contributed by atoms with van der Waals surface area (Å²) in [4.78, 5) is 12.8. The number of benzene rings is 2. The van der Waals surface area contributed by atoms with Gasteiger partial charge in [0.05, 0.1) is 22.9 Å². The van der Waals surface area contributed by atoms with Crippen molar-refractivity contribution in [3.63, 3.8) is 0 Å². The zero-order valence-electron chi connectivity index (χ0n) is 16.4. The maximum Gasteiger partial charge on any atom is 0.251 e. The monoisotopic (exact) mass is 424 g/mol. The van der Waals surface area contributed by atoms with E-state index in [4.69, 9.17) is 0 Å². The number of aryl methyl sites for hydroxylation is 1. The maximum atomic E-state index is 12.5. The lowest BCUT2D eigenvalue weighted by molar-refractivity contribution is 0.0939. The van der Waals surface area contributed by atoms with E-state index in [2.05, 4.69) is 5.32 Å². The first-order valence-electron chi connectivity index (χ1n) is 8.46. The molecule has 1 N–H and O–H groups in total. The predicted molar refractivity (Wildman–Crippen MR) is 110 cm³/mol. The predicted octanol–water partition coefficient (Wildman–Crippen LogP) is 2.29. The van der Waals surface area contributed by atoms with E-state index in [0.717, 1.165) is 22.4 Å². The third kappa shape index (κ3) is 5.11. The van der Waals surface area contributed by atoms with Crippen molar-refractivity contribution in [1.82, 2.24) is 5.32 Å². The van der Waals surface area contributed by atoms with Crippen LogP contribution in [0.25, 0.3) is 0 Å². The molecule has 9 heteroatoms. The van der Waals surface area contributed by atoms with Gasteiger partial charge in [-0.15, -0.1) is 0 Å². The summed E-state index contributed by atoms with van der Waals surface area (Å²) in [6.45, 7) is 3.53. The number of anilines is 1. The molecule has 0 bridgehead atoms. The van der Waals surface area contributed by atoms with Crippen LogP contribution in [0.15, 0.2) is 47.4 Å². The Bertz CT molecular complexity index is 1090. The van der Waals surface area contributed by atoms with E-state index in [-0.39, 0.29) is 16.8 Å². The van der Waals surface area contributed by atoms with Gasteiger partial charge in [-0.25, -0.2) is 16.8 Å². The highest BCUT2D eigenvalue weighted by Gasteiger charge is 2.17. The van der Waals surface area contributed by atoms with Gasteiger partial charge in [0.2, 0.25) is 10.0 Å². The average molecular weight is 425 g/mol. The van der Waals surface area contributed by atoms with Crippen molar-refractivity contribution >= 4 is 31.5 Å². The quantitative estimate of drug-likeness (QED) is 0.767. The second-order valence-corrected chi connectivity index (χ2v) is 10.8. The normalized spacial score (nSPS) is 13.0. The van der Waals surface area contributed by atoms with Gasteiger partial charge >= 0.3 is 0 Å². The van der Waals surface area contributed by atoms with Crippen molar-refractivity contribution in [2.75, 3.05) is 23.9 Å². The van der Waals surface area contributed by atoms with E-state index in [1.54, 1.807) is 44.2 Å². The molecule has 7 nitrogen and oxygen atoms in total. The van der Waals surface area contributed by atoms with E-state index in [1.165, 1.54) is 19.2 Å². The Morgan fingerprint density at radius 2 is 1.57 bits per heavy atom. The largest absolute Gasteiger partial charge is 0.346 e. The lowest BCUT2D eigenvalue weighted by atomic mass is 10.1. The zero-order valence-corrected chi connectivity index (χ0v) is 18.1. The topological polar surface area (TPSA) is 101 Å². The molecule has 1 atom stereocenters. The zero-order chi connectivity index (χ0) is 21.3. The number of nitrogens with zero attached hydrogens (tertiary/aromatic N) is 1. The van der Waals surface area contributed by atoms with Crippen molar-refractivity contribution in [2.24, 2.45) is 0 Å². The van der Waals surface area contributed by atoms with Gasteiger partial charge in [-0.2, -0.15) is 0 Å². The smallest absolute Gasteiger partial charge is 0.251 e. The fraction of sp³-hybridized carbons (Fsp3) is 0.316. The van der Waals surface area contributed by atoms with Crippen LogP contribution in [0.2, 0.25) is 0 Å². The van der Waals surface area contributed by atoms with Gasteiger partial charge < -0.3 is 5.32 Å². The van der Waals surface area contributed by atoms with Gasteiger partial charge in [0.15, 0.2) is 9.84 Å². The number of nitrogens with one attached hydrogen (secondary N) is 1. The van der Waals surface area contributed by atoms with Crippen LogP contribution < -0.4 is 9.62 Å². The molecular weight excluding hydrogens is 400 g/mol. The van der Waals surface area contributed by atoms with Crippen LogP contribution in [0.1, 0.15) is 34.5 Å². The van der Waals surface area contributed by atoms with Crippen LogP contribution in [0, 0.1) is 6.92 Å². The summed E-state index contributed by atoms with van der Waals surface area (Å²) in [5, 5.41) is 2.86. The van der Waals surface area contributed by atoms with E-state index >= 15 is 0 Å². The Kier molecular flexibility index (Phi) is 6.20. The van der Waals surface area contributed by atoms with E-state index in [0.29, 0.717) is 16.8 Å². The van der Waals surface area contributed by atoms with Crippen LogP contribution >= 0.6 is 0 Å². The molecular formula is C19H24N2O5S2. The molecule has 0 aromatic heterocycles. The first-order valence-corrected chi connectivity index (χ1v) is 12.2. The molecule has 0 radical (unpaired) electrons. The number of rotatable bonds is 6. The minimum absolute atomic E-state index is 0.219. The number of carbonyl (C=O) groups is 1. The summed E-state index contributed by atoms with van der Waals surface area (Å²) in [6.07, 6.45) is 2.25. The van der Waals surface area contributed by atoms with Crippen LogP contribution in [0.4, 0.5) is 5.69 Å². The molecule has 28 heavy (non-hydrogen) atoms. The molecule has 0 saturated heterocycles. The number of carbonyl (C=O) groups excluding carboxylic acids is 1. The van der Waals surface area contributed by atoms with Gasteiger partial charge in [0, 0.05) is 18.9 Å². The Morgan fingerprint density at radius 3 is 2.04 bits per heavy atom. The standard InChI is InChI=1S/C19H24N2O5S2/c1-13-12-16(8-11-18(13)21(3)28(5,25)26)19(22)20-14(2)15-6-9-17(10-7-15)27(4,23)24/h6-12,14H,1-5H3,(H,20,22). The minimum atomic E-state index is -3.39. The maximum absolute atomic E-state index is 12.5. The van der Waals surface area contributed by atoms with Gasteiger partial charge in [-0.3, -0.25) is 9.10 Å². The summed E-state index contributed by atoms with van der Waals surface area (Å²) < 4.78 is 47.6. The Hall–Kier alpha value is -2.39. The molecule has 0 aliphatic heterocycles. The fourth-order valence-electron chi connectivity index (χ4n) is 2.70. The minimum Gasteiger partial charge on any atom is -0.346 e. The number of hydrogen-bond acceptors (Lipinski definition) is 5. The highest BCUT2D eigenvalue weighted by atomic mass is 32.2. The third-order valence-corrected chi connectivity index (χ3v) is 6.77. The molecule has 152 valence electrons. The first-order chi connectivity index (χ1) is 12.8. The van der Waals surface area contributed by atoms with Gasteiger partial charge in [0.25, 0.3) is 5.91 Å². The lowest BCUT2D eigenvalue weighted by Gasteiger charge is -2.20. The molecule has 2 aromatic carbocycles. The van der Waals surface area contributed by atoms with Crippen molar-refractivity contribution < 1.29 is 21.6 Å². The van der Waals surface area contributed by atoms with Crippen LogP contribution in [-0.4, -0.2) is 42.3 Å². The SMILES string of the molecule is Cc1cc(C(=O)NC(C)c2ccc(S(C)(=O)=O)cc2)ccc1N(C)S(C)(=O)=O. The van der Waals surface area contributed by atoms with Gasteiger partial charge in [-0.05, 0) is 55.3 Å². The van der Waals surface area contributed by atoms with Crippen molar-refractivity contribution in [3.8, 4) is 0 Å². The Balaban J connectivity index is 2.17.